The normalized spacial score (nSPS) is 20.0. The van der Waals surface area contributed by atoms with Crippen molar-refractivity contribution in [3.05, 3.63) is 0 Å². The Morgan fingerprint density at radius 1 is 1.15 bits per heavy atom. The van der Waals surface area contributed by atoms with Crippen molar-refractivity contribution in [3.8, 4) is 0 Å². The third kappa shape index (κ3) is 5.69. The molecule has 7 N–H and O–H groups in total. The third-order valence-corrected chi connectivity index (χ3v) is 4.06. The highest BCUT2D eigenvalue weighted by Gasteiger charge is 2.37. The van der Waals surface area contributed by atoms with Gasteiger partial charge in [0.1, 0.15) is 18.1 Å². The monoisotopic (exact) mass is 371 g/mol. The van der Waals surface area contributed by atoms with Crippen LogP contribution in [0.5, 0.6) is 0 Å². The Labute approximate surface area is 150 Å². The third-order valence-electron chi connectivity index (χ3n) is 4.06. The number of rotatable bonds is 8. The average molecular weight is 371 g/mol. The van der Waals surface area contributed by atoms with E-state index in [0.29, 0.717) is 19.4 Å². The van der Waals surface area contributed by atoms with E-state index in [1.54, 1.807) is 0 Å². The Morgan fingerprint density at radius 3 is 2.31 bits per heavy atom. The molecule has 0 aromatic rings. The Morgan fingerprint density at radius 2 is 1.77 bits per heavy atom. The second-order valence-electron chi connectivity index (χ2n) is 6.27. The summed E-state index contributed by atoms with van der Waals surface area (Å²) in [6, 6.07) is -4.02. The zero-order chi connectivity index (χ0) is 20.0. The van der Waals surface area contributed by atoms with Crippen molar-refractivity contribution in [2.24, 2.45) is 11.5 Å². The van der Waals surface area contributed by atoms with Crippen LogP contribution < -0.4 is 22.1 Å². The van der Waals surface area contributed by atoms with Gasteiger partial charge in [-0.15, -0.1) is 0 Å². The van der Waals surface area contributed by atoms with Crippen molar-refractivity contribution in [1.82, 2.24) is 15.5 Å². The number of nitrogens with two attached hydrogens (primary N) is 2. The molecule has 1 aliphatic heterocycles. The molecule has 0 aromatic heterocycles. The Kier molecular flexibility index (Phi) is 7.50. The quantitative estimate of drug-likeness (QED) is 0.306. The molecule has 11 nitrogen and oxygen atoms in total. The lowest BCUT2D eigenvalue weighted by atomic mass is 10.1. The summed E-state index contributed by atoms with van der Waals surface area (Å²) in [6.45, 7) is 3.01. The van der Waals surface area contributed by atoms with Gasteiger partial charge in [-0.3, -0.25) is 24.0 Å². The minimum absolute atomic E-state index is 0.306. The van der Waals surface area contributed by atoms with Gasteiger partial charge in [0.2, 0.25) is 23.6 Å². The van der Waals surface area contributed by atoms with E-state index in [-0.39, 0.29) is 6.42 Å². The minimum atomic E-state index is -1.20. The molecule has 0 aliphatic carbocycles. The van der Waals surface area contributed by atoms with Crippen LogP contribution in [0.4, 0.5) is 0 Å². The van der Waals surface area contributed by atoms with Gasteiger partial charge in [0.05, 0.1) is 12.5 Å². The van der Waals surface area contributed by atoms with Crippen molar-refractivity contribution in [2.45, 2.75) is 57.3 Å². The van der Waals surface area contributed by atoms with Crippen LogP contribution >= 0.6 is 0 Å². The van der Waals surface area contributed by atoms with Crippen molar-refractivity contribution < 1.29 is 29.1 Å². The zero-order valence-corrected chi connectivity index (χ0v) is 14.7. The fourth-order valence-electron chi connectivity index (χ4n) is 2.60. The highest BCUT2D eigenvalue weighted by atomic mass is 16.4. The number of likely N-dealkylation sites (tertiary alicyclic amines) is 1. The van der Waals surface area contributed by atoms with Crippen LogP contribution in [-0.4, -0.2) is 70.3 Å². The van der Waals surface area contributed by atoms with Crippen molar-refractivity contribution in [1.29, 1.82) is 0 Å². The summed E-state index contributed by atoms with van der Waals surface area (Å²) < 4.78 is 0. The van der Waals surface area contributed by atoms with Crippen LogP contribution in [0.2, 0.25) is 0 Å². The molecule has 1 saturated heterocycles. The molecule has 0 bridgehead atoms. The van der Waals surface area contributed by atoms with Crippen LogP contribution in [-0.2, 0) is 24.0 Å². The summed E-state index contributed by atoms with van der Waals surface area (Å²) in [5.41, 5.74) is 10.7. The number of hydrogen-bond donors (Lipinski definition) is 5. The number of nitrogens with one attached hydrogen (secondary N) is 2. The van der Waals surface area contributed by atoms with Gasteiger partial charge in [-0.05, 0) is 26.7 Å². The van der Waals surface area contributed by atoms with Crippen LogP contribution in [0.25, 0.3) is 0 Å². The second kappa shape index (κ2) is 9.13. The fourth-order valence-corrected chi connectivity index (χ4v) is 2.60. The van der Waals surface area contributed by atoms with E-state index < -0.39 is 53.8 Å². The number of hydrogen-bond acceptors (Lipinski definition) is 6. The molecule has 4 unspecified atom stereocenters. The van der Waals surface area contributed by atoms with Crippen molar-refractivity contribution in [3.63, 3.8) is 0 Å². The maximum atomic E-state index is 12.4. The van der Waals surface area contributed by atoms with E-state index in [1.165, 1.54) is 18.7 Å². The first kappa shape index (κ1) is 21.4. The molecule has 11 heteroatoms. The second-order valence-corrected chi connectivity index (χ2v) is 6.27. The van der Waals surface area contributed by atoms with Gasteiger partial charge >= 0.3 is 5.97 Å². The maximum Gasteiger partial charge on any atom is 0.325 e. The number of amides is 4. The van der Waals surface area contributed by atoms with Gasteiger partial charge in [0.25, 0.3) is 0 Å². The Hall–Kier alpha value is -2.69. The summed E-state index contributed by atoms with van der Waals surface area (Å²) in [5.74, 6) is -3.68. The van der Waals surface area contributed by atoms with Crippen LogP contribution in [0.15, 0.2) is 0 Å². The number of primary amides is 1. The summed E-state index contributed by atoms with van der Waals surface area (Å²) in [5, 5.41) is 13.5. The van der Waals surface area contributed by atoms with Crippen molar-refractivity contribution >= 4 is 29.6 Å². The molecule has 0 radical (unpaired) electrons. The van der Waals surface area contributed by atoms with E-state index in [9.17, 15) is 24.0 Å². The first-order chi connectivity index (χ1) is 12.0. The largest absolute Gasteiger partial charge is 0.480 e. The van der Waals surface area contributed by atoms with Crippen molar-refractivity contribution in [2.75, 3.05) is 6.54 Å². The predicted molar refractivity (Wildman–Crippen MR) is 89.4 cm³/mol. The van der Waals surface area contributed by atoms with E-state index >= 15 is 0 Å². The van der Waals surface area contributed by atoms with Gasteiger partial charge in [0, 0.05) is 6.54 Å². The lowest BCUT2D eigenvalue weighted by molar-refractivity contribution is -0.142. The molecule has 1 fully saturated rings. The van der Waals surface area contributed by atoms with E-state index in [0.717, 1.165) is 0 Å². The van der Waals surface area contributed by atoms with E-state index in [1.807, 2.05) is 0 Å². The Bertz CT molecular complexity index is 595. The standard InChI is InChI=1S/C15H25N5O6/c1-7(12(22)19-8(2)15(25)26)18-13(23)10-4-3-5-20(10)14(24)9(16)6-11(17)21/h7-10H,3-6,16H2,1-2H3,(H2,17,21)(H,18,23)(H,19,22)(H,25,26). The van der Waals surface area contributed by atoms with Crippen LogP contribution in [0.3, 0.4) is 0 Å². The topological polar surface area (TPSA) is 185 Å². The van der Waals surface area contributed by atoms with Gasteiger partial charge in [0.15, 0.2) is 0 Å². The summed E-state index contributed by atoms with van der Waals surface area (Å²) >= 11 is 0. The van der Waals surface area contributed by atoms with Gasteiger partial charge < -0.3 is 32.1 Å². The highest BCUT2D eigenvalue weighted by Crippen LogP contribution is 2.19. The first-order valence-corrected chi connectivity index (χ1v) is 8.22. The van der Waals surface area contributed by atoms with E-state index in [4.69, 9.17) is 16.6 Å². The molecule has 1 aliphatic rings. The molecule has 0 saturated carbocycles. The summed E-state index contributed by atoms with van der Waals surface area (Å²) in [4.78, 5) is 59.6. The number of carbonyl (C=O) groups excluding carboxylic acids is 4. The van der Waals surface area contributed by atoms with Gasteiger partial charge in [-0.1, -0.05) is 0 Å². The van der Waals surface area contributed by atoms with E-state index in [2.05, 4.69) is 10.6 Å². The molecule has 0 spiro atoms. The molecule has 4 amide bonds. The molecular weight excluding hydrogens is 346 g/mol. The lowest BCUT2D eigenvalue weighted by Crippen LogP contribution is -2.55. The molecule has 1 heterocycles. The summed E-state index contributed by atoms with van der Waals surface area (Å²) in [6.07, 6.45) is 0.639. The number of nitrogens with zero attached hydrogens (tertiary/aromatic N) is 1. The summed E-state index contributed by atoms with van der Waals surface area (Å²) in [7, 11) is 0. The van der Waals surface area contributed by atoms with Gasteiger partial charge in [-0.25, -0.2) is 0 Å². The van der Waals surface area contributed by atoms with Gasteiger partial charge in [-0.2, -0.15) is 0 Å². The molecule has 26 heavy (non-hydrogen) atoms. The fraction of sp³-hybridized carbons (Fsp3) is 0.667. The SMILES string of the molecule is CC(NC(=O)C(C)NC(=O)C1CCCN1C(=O)C(N)CC(N)=O)C(=O)O. The van der Waals surface area contributed by atoms with Crippen LogP contribution in [0.1, 0.15) is 33.1 Å². The molecule has 4 atom stereocenters. The lowest BCUT2D eigenvalue weighted by Gasteiger charge is -2.27. The molecular formula is C15H25N5O6. The predicted octanol–water partition coefficient (Wildman–Crippen LogP) is -2.73. The Balaban J connectivity index is 2.67. The molecule has 0 aromatic carbocycles. The number of carboxylic acid groups (broad SMARTS) is 1. The highest BCUT2D eigenvalue weighted by molar-refractivity contribution is 5.95. The molecule has 1 rings (SSSR count). The first-order valence-electron chi connectivity index (χ1n) is 8.22. The zero-order valence-electron chi connectivity index (χ0n) is 14.7. The number of carbonyl (C=O) groups is 5. The maximum absolute atomic E-state index is 12.4. The minimum Gasteiger partial charge on any atom is -0.480 e. The molecule has 146 valence electrons. The number of carboxylic acids is 1. The smallest absolute Gasteiger partial charge is 0.325 e. The number of aliphatic carboxylic acids is 1. The van der Waals surface area contributed by atoms with Crippen LogP contribution in [0, 0.1) is 0 Å². The average Bonchev–Trinajstić information content (AvgIpc) is 3.02.